The van der Waals surface area contributed by atoms with Gasteiger partial charge in [0.2, 0.25) is 0 Å². The van der Waals surface area contributed by atoms with E-state index >= 15 is 0 Å². The molecule has 2 N–H and O–H groups in total. The van der Waals surface area contributed by atoms with Crippen molar-refractivity contribution >= 4 is 28.7 Å². The van der Waals surface area contributed by atoms with E-state index in [2.05, 4.69) is 66.8 Å². The third kappa shape index (κ3) is 5.04. The van der Waals surface area contributed by atoms with Crippen LogP contribution < -0.4 is 15.5 Å². The second-order valence-electron chi connectivity index (χ2n) is 5.51. The molecule has 116 valence electrons. The lowest BCUT2D eigenvalue weighted by Crippen LogP contribution is -2.35. The number of aryl methyl sites for hydroxylation is 2. The Morgan fingerprint density at radius 1 is 1.05 bits per heavy atom. The molecule has 0 aromatic heterocycles. The number of anilines is 2. The number of benzene rings is 2. The maximum Gasteiger partial charge on any atom is 0.170 e. The van der Waals surface area contributed by atoms with Crippen LogP contribution >= 0.6 is 12.2 Å². The molecule has 0 spiro atoms. The number of nitrogens with zero attached hydrogens (tertiary/aromatic N) is 1. The fourth-order valence-electron chi connectivity index (χ4n) is 2.37. The number of nitrogens with one attached hydrogen (secondary N) is 2. The van der Waals surface area contributed by atoms with Crippen molar-refractivity contribution in [1.82, 2.24) is 5.32 Å². The van der Waals surface area contributed by atoms with Crippen LogP contribution in [0.25, 0.3) is 0 Å². The van der Waals surface area contributed by atoms with E-state index in [9.17, 15) is 0 Å². The highest BCUT2D eigenvalue weighted by Crippen LogP contribution is 2.13. The van der Waals surface area contributed by atoms with Crippen LogP contribution in [0.2, 0.25) is 0 Å². The number of thiocarbonyl (C=S) groups is 1. The lowest BCUT2D eigenvalue weighted by molar-refractivity contribution is 0.827. The summed E-state index contributed by atoms with van der Waals surface area (Å²) in [4.78, 5) is 2.20. The van der Waals surface area contributed by atoms with E-state index in [1.165, 1.54) is 16.8 Å². The molecule has 0 aliphatic rings. The minimum Gasteiger partial charge on any atom is -0.373 e. The zero-order valence-electron chi connectivity index (χ0n) is 13.4. The van der Waals surface area contributed by atoms with Gasteiger partial charge < -0.3 is 15.5 Å². The van der Waals surface area contributed by atoms with Crippen molar-refractivity contribution in [1.29, 1.82) is 0 Å². The number of para-hydroxylation sites is 1. The normalized spacial score (nSPS) is 10.1. The van der Waals surface area contributed by atoms with Gasteiger partial charge in [0.15, 0.2) is 5.11 Å². The summed E-state index contributed by atoms with van der Waals surface area (Å²) in [5, 5.41) is 7.15. The first-order valence-corrected chi connectivity index (χ1v) is 7.85. The maximum absolute atomic E-state index is 5.35. The molecule has 0 amide bonds. The average molecular weight is 313 g/mol. The summed E-state index contributed by atoms with van der Waals surface area (Å²) in [6.07, 6.45) is 0. The monoisotopic (exact) mass is 313 g/mol. The molecular formula is C18H23N3S. The fourth-order valence-corrected chi connectivity index (χ4v) is 2.59. The van der Waals surface area contributed by atoms with Gasteiger partial charge >= 0.3 is 0 Å². The largest absolute Gasteiger partial charge is 0.373 e. The highest BCUT2D eigenvalue weighted by molar-refractivity contribution is 7.80. The van der Waals surface area contributed by atoms with Gasteiger partial charge in [0.25, 0.3) is 0 Å². The molecule has 3 nitrogen and oxygen atoms in total. The van der Waals surface area contributed by atoms with Crippen LogP contribution in [0, 0.1) is 13.8 Å². The average Bonchev–Trinajstić information content (AvgIpc) is 2.47. The Labute approximate surface area is 138 Å². The van der Waals surface area contributed by atoms with Gasteiger partial charge in [-0.05, 0) is 61.5 Å². The molecule has 0 saturated heterocycles. The molecule has 0 saturated carbocycles. The van der Waals surface area contributed by atoms with Crippen molar-refractivity contribution in [3.05, 3.63) is 59.7 Å². The molecule has 0 heterocycles. The molecule has 0 radical (unpaired) electrons. The lowest BCUT2D eigenvalue weighted by atomic mass is 10.1. The van der Waals surface area contributed by atoms with Crippen LogP contribution in [-0.2, 0) is 0 Å². The standard InChI is InChI=1S/C18H23N3S/c1-14-11-15(2)13-16(12-14)20-18(22)19-9-10-21(3)17-7-5-4-6-8-17/h4-8,11-13H,9-10H2,1-3H3,(H2,19,20,22). The van der Waals surface area contributed by atoms with Gasteiger partial charge in [-0.15, -0.1) is 0 Å². The topological polar surface area (TPSA) is 27.3 Å². The van der Waals surface area contributed by atoms with Crippen LogP contribution in [0.3, 0.4) is 0 Å². The highest BCUT2D eigenvalue weighted by Gasteiger charge is 2.02. The Morgan fingerprint density at radius 3 is 2.32 bits per heavy atom. The van der Waals surface area contributed by atoms with Crippen LogP contribution in [0.1, 0.15) is 11.1 Å². The summed E-state index contributed by atoms with van der Waals surface area (Å²) in [7, 11) is 2.08. The van der Waals surface area contributed by atoms with E-state index in [1.54, 1.807) is 0 Å². The molecule has 0 aliphatic carbocycles. The molecule has 2 aromatic rings. The van der Waals surface area contributed by atoms with E-state index in [1.807, 2.05) is 18.2 Å². The maximum atomic E-state index is 5.35. The van der Waals surface area contributed by atoms with Gasteiger partial charge in [0, 0.05) is 31.5 Å². The molecule has 2 rings (SSSR count). The summed E-state index contributed by atoms with van der Waals surface area (Å²) >= 11 is 5.35. The fraction of sp³-hybridized carbons (Fsp3) is 0.278. The smallest absolute Gasteiger partial charge is 0.170 e. The summed E-state index contributed by atoms with van der Waals surface area (Å²) in [6.45, 7) is 5.85. The van der Waals surface area contributed by atoms with E-state index in [0.29, 0.717) is 5.11 Å². The van der Waals surface area contributed by atoms with Crippen LogP contribution in [0.4, 0.5) is 11.4 Å². The summed E-state index contributed by atoms with van der Waals surface area (Å²) in [5.41, 5.74) is 4.70. The molecule has 4 heteroatoms. The highest BCUT2D eigenvalue weighted by atomic mass is 32.1. The Morgan fingerprint density at radius 2 is 1.68 bits per heavy atom. The molecule has 0 aliphatic heterocycles. The molecular weight excluding hydrogens is 290 g/mol. The predicted molar refractivity (Wildman–Crippen MR) is 99.9 cm³/mol. The van der Waals surface area contributed by atoms with Gasteiger partial charge in [-0.1, -0.05) is 24.3 Å². The first-order chi connectivity index (χ1) is 10.5. The first kappa shape index (κ1) is 16.3. The zero-order valence-corrected chi connectivity index (χ0v) is 14.2. The Hall–Kier alpha value is -2.07. The lowest BCUT2D eigenvalue weighted by Gasteiger charge is -2.20. The van der Waals surface area contributed by atoms with Crippen molar-refractivity contribution in [3.8, 4) is 0 Å². The quantitative estimate of drug-likeness (QED) is 0.823. The third-order valence-corrected chi connectivity index (χ3v) is 3.66. The number of hydrogen-bond acceptors (Lipinski definition) is 2. The van der Waals surface area contributed by atoms with E-state index < -0.39 is 0 Å². The molecule has 22 heavy (non-hydrogen) atoms. The Bertz CT molecular complexity index is 605. The molecule has 0 bridgehead atoms. The van der Waals surface area contributed by atoms with Crippen LogP contribution in [-0.4, -0.2) is 25.2 Å². The molecule has 0 fully saturated rings. The van der Waals surface area contributed by atoms with Gasteiger partial charge in [-0.2, -0.15) is 0 Å². The number of hydrogen-bond donors (Lipinski definition) is 2. The van der Waals surface area contributed by atoms with E-state index in [0.717, 1.165) is 18.8 Å². The Balaban J connectivity index is 1.78. The minimum atomic E-state index is 0.659. The van der Waals surface area contributed by atoms with Gasteiger partial charge in [-0.25, -0.2) is 0 Å². The van der Waals surface area contributed by atoms with E-state index in [4.69, 9.17) is 12.2 Å². The van der Waals surface area contributed by atoms with Gasteiger partial charge in [0.1, 0.15) is 0 Å². The predicted octanol–water partition coefficient (Wildman–Crippen LogP) is 3.73. The second-order valence-corrected chi connectivity index (χ2v) is 5.92. The van der Waals surface area contributed by atoms with Crippen molar-refractivity contribution in [3.63, 3.8) is 0 Å². The number of rotatable bonds is 5. The number of likely N-dealkylation sites (N-methyl/N-ethyl adjacent to an activating group) is 1. The third-order valence-electron chi connectivity index (χ3n) is 3.41. The van der Waals surface area contributed by atoms with Crippen molar-refractivity contribution in [2.75, 3.05) is 30.4 Å². The van der Waals surface area contributed by atoms with Gasteiger partial charge in [0.05, 0.1) is 0 Å². The zero-order chi connectivity index (χ0) is 15.9. The summed E-state index contributed by atoms with van der Waals surface area (Å²) < 4.78 is 0. The second kappa shape index (κ2) is 7.80. The van der Waals surface area contributed by atoms with Crippen molar-refractivity contribution in [2.24, 2.45) is 0 Å². The summed E-state index contributed by atoms with van der Waals surface area (Å²) in [6, 6.07) is 16.7. The molecule has 2 aromatic carbocycles. The SMILES string of the molecule is Cc1cc(C)cc(NC(=S)NCCN(C)c2ccccc2)c1. The Kier molecular flexibility index (Phi) is 5.78. The van der Waals surface area contributed by atoms with Crippen molar-refractivity contribution < 1.29 is 0 Å². The summed E-state index contributed by atoms with van der Waals surface area (Å²) in [5.74, 6) is 0. The van der Waals surface area contributed by atoms with Crippen LogP contribution in [0.5, 0.6) is 0 Å². The molecule has 0 atom stereocenters. The molecule has 0 unspecified atom stereocenters. The van der Waals surface area contributed by atoms with E-state index in [-0.39, 0.29) is 0 Å². The van der Waals surface area contributed by atoms with Crippen LogP contribution in [0.15, 0.2) is 48.5 Å². The first-order valence-electron chi connectivity index (χ1n) is 7.44. The van der Waals surface area contributed by atoms with Crippen molar-refractivity contribution in [2.45, 2.75) is 13.8 Å². The van der Waals surface area contributed by atoms with Gasteiger partial charge in [-0.3, -0.25) is 0 Å². The minimum absolute atomic E-state index is 0.659.